The first-order valence-electron chi connectivity index (χ1n) is 4.23. The van der Waals surface area contributed by atoms with Gasteiger partial charge in [-0.05, 0) is 28.5 Å². The van der Waals surface area contributed by atoms with Crippen LogP contribution in [0.4, 0.5) is 0 Å². The van der Waals surface area contributed by atoms with Gasteiger partial charge in [0.25, 0.3) is 0 Å². The zero-order valence-corrected chi connectivity index (χ0v) is 10.1. The first-order chi connectivity index (χ1) is 7.27. The van der Waals surface area contributed by atoms with E-state index in [1.165, 1.54) is 15.5 Å². The van der Waals surface area contributed by atoms with E-state index in [4.69, 9.17) is 5.11 Å². The summed E-state index contributed by atoms with van der Waals surface area (Å²) < 4.78 is 1.22. The summed E-state index contributed by atoms with van der Waals surface area (Å²) in [6.07, 6.45) is 0. The second kappa shape index (κ2) is 4.83. The molecule has 0 spiro atoms. The average Bonchev–Trinajstić information content (AvgIpc) is 2.86. The van der Waals surface area contributed by atoms with Gasteiger partial charge in [0.1, 0.15) is 4.88 Å². The van der Waals surface area contributed by atoms with Crippen molar-refractivity contribution < 1.29 is 9.90 Å². The van der Waals surface area contributed by atoms with E-state index in [9.17, 15) is 4.79 Å². The minimum atomic E-state index is -0.827. The van der Waals surface area contributed by atoms with Gasteiger partial charge in [0.05, 0.1) is 4.21 Å². The molecular formula is C10H8O2S3. The second-order valence-corrected chi connectivity index (χ2v) is 5.94. The van der Waals surface area contributed by atoms with E-state index < -0.39 is 5.97 Å². The van der Waals surface area contributed by atoms with E-state index in [2.05, 4.69) is 0 Å². The predicted molar refractivity (Wildman–Crippen MR) is 65.2 cm³/mol. The summed E-state index contributed by atoms with van der Waals surface area (Å²) >= 11 is 4.64. The van der Waals surface area contributed by atoms with Gasteiger partial charge in [0.2, 0.25) is 0 Å². The molecule has 0 atom stereocenters. The highest BCUT2D eigenvalue weighted by atomic mass is 32.2. The van der Waals surface area contributed by atoms with Crippen LogP contribution in [-0.4, -0.2) is 11.1 Å². The lowest BCUT2D eigenvalue weighted by molar-refractivity contribution is 0.0701. The fraction of sp³-hybridized carbons (Fsp3) is 0.100. The van der Waals surface area contributed by atoms with Crippen LogP contribution in [-0.2, 0) is 5.75 Å². The standard InChI is InChI=1S/C10H8O2S3/c11-10(12)9-7(3-5-14-9)6-15-8-2-1-4-13-8/h1-5H,6H2,(H,11,12). The molecule has 0 amide bonds. The topological polar surface area (TPSA) is 37.3 Å². The zero-order valence-electron chi connectivity index (χ0n) is 7.67. The van der Waals surface area contributed by atoms with Crippen molar-refractivity contribution in [2.45, 2.75) is 9.96 Å². The van der Waals surface area contributed by atoms with E-state index in [1.807, 2.05) is 29.0 Å². The van der Waals surface area contributed by atoms with Gasteiger partial charge in [0, 0.05) is 5.75 Å². The Morgan fingerprint density at radius 3 is 2.87 bits per heavy atom. The molecule has 0 saturated heterocycles. The third-order valence-electron chi connectivity index (χ3n) is 1.81. The molecule has 0 aliphatic rings. The first kappa shape index (κ1) is 10.7. The number of carboxylic acids is 1. The van der Waals surface area contributed by atoms with E-state index in [1.54, 1.807) is 23.1 Å². The molecular weight excluding hydrogens is 248 g/mol. The monoisotopic (exact) mass is 256 g/mol. The Morgan fingerprint density at radius 2 is 2.20 bits per heavy atom. The van der Waals surface area contributed by atoms with Crippen LogP contribution < -0.4 is 0 Å². The lowest BCUT2D eigenvalue weighted by Gasteiger charge is -1.98. The van der Waals surface area contributed by atoms with Crippen molar-refractivity contribution >= 4 is 40.4 Å². The highest BCUT2D eigenvalue weighted by molar-refractivity contribution is 8.00. The van der Waals surface area contributed by atoms with Gasteiger partial charge >= 0.3 is 5.97 Å². The van der Waals surface area contributed by atoms with Gasteiger partial charge in [-0.15, -0.1) is 34.4 Å². The summed E-state index contributed by atoms with van der Waals surface area (Å²) in [5, 5.41) is 12.8. The van der Waals surface area contributed by atoms with Crippen LogP contribution in [0.3, 0.4) is 0 Å². The Bertz CT molecular complexity index is 445. The normalized spacial score (nSPS) is 10.4. The molecule has 0 saturated carbocycles. The van der Waals surface area contributed by atoms with Gasteiger partial charge in [0.15, 0.2) is 0 Å². The molecule has 0 fully saturated rings. The number of thioether (sulfide) groups is 1. The maximum atomic E-state index is 10.8. The molecule has 0 aliphatic carbocycles. The molecule has 2 aromatic rings. The van der Waals surface area contributed by atoms with E-state index in [0.29, 0.717) is 4.88 Å². The van der Waals surface area contributed by atoms with E-state index in [-0.39, 0.29) is 0 Å². The number of hydrogen-bond donors (Lipinski definition) is 1. The number of aromatic carboxylic acids is 1. The van der Waals surface area contributed by atoms with Crippen LogP contribution in [0.25, 0.3) is 0 Å². The van der Waals surface area contributed by atoms with Crippen molar-refractivity contribution in [1.82, 2.24) is 0 Å². The lowest BCUT2D eigenvalue weighted by atomic mass is 10.3. The summed E-state index contributed by atoms with van der Waals surface area (Å²) in [5.41, 5.74) is 0.908. The molecule has 0 radical (unpaired) electrons. The summed E-state index contributed by atoms with van der Waals surface area (Å²) in [6, 6.07) is 5.93. The molecule has 0 bridgehead atoms. The second-order valence-electron chi connectivity index (χ2n) is 2.80. The molecule has 0 aromatic carbocycles. The van der Waals surface area contributed by atoms with Crippen molar-refractivity contribution in [2.24, 2.45) is 0 Å². The molecule has 2 heterocycles. The third-order valence-corrected chi connectivity index (χ3v) is 4.93. The molecule has 0 aliphatic heterocycles. The predicted octanol–water partition coefficient (Wildman–Crippen LogP) is 3.80. The third kappa shape index (κ3) is 2.62. The molecule has 5 heteroatoms. The first-order valence-corrected chi connectivity index (χ1v) is 6.98. The van der Waals surface area contributed by atoms with Gasteiger partial charge in [-0.3, -0.25) is 0 Å². The highest BCUT2D eigenvalue weighted by Crippen LogP contribution is 2.29. The van der Waals surface area contributed by atoms with Crippen LogP contribution in [0.2, 0.25) is 0 Å². The molecule has 1 N–H and O–H groups in total. The van der Waals surface area contributed by atoms with Crippen molar-refractivity contribution in [2.75, 3.05) is 0 Å². The molecule has 2 rings (SSSR count). The molecule has 15 heavy (non-hydrogen) atoms. The van der Waals surface area contributed by atoms with Crippen LogP contribution in [0.1, 0.15) is 15.2 Å². The Kier molecular flexibility index (Phi) is 3.45. The molecule has 2 nitrogen and oxygen atoms in total. The fourth-order valence-corrected chi connectivity index (χ4v) is 3.76. The molecule has 78 valence electrons. The van der Waals surface area contributed by atoms with E-state index >= 15 is 0 Å². The van der Waals surface area contributed by atoms with Gasteiger partial charge in [-0.1, -0.05) is 6.07 Å². The number of carbonyl (C=O) groups is 1. The van der Waals surface area contributed by atoms with Crippen molar-refractivity contribution in [3.63, 3.8) is 0 Å². The largest absolute Gasteiger partial charge is 0.477 e. The number of carboxylic acid groups (broad SMARTS) is 1. The minimum Gasteiger partial charge on any atom is -0.477 e. The zero-order chi connectivity index (χ0) is 10.7. The number of rotatable bonds is 4. The van der Waals surface area contributed by atoms with Crippen molar-refractivity contribution in [1.29, 1.82) is 0 Å². The van der Waals surface area contributed by atoms with Crippen LogP contribution in [0.15, 0.2) is 33.2 Å². The Balaban J connectivity index is 2.05. The minimum absolute atomic E-state index is 0.457. The quantitative estimate of drug-likeness (QED) is 0.845. The summed E-state index contributed by atoms with van der Waals surface area (Å²) in [4.78, 5) is 11.3. The molecule has 0 unspecified atom stereocenters. The smallest absolute Gasteiger partial charge is 0.346 e. The number of hydrogen-bond acceptors (Lipinski definition) is 4. The maximum Gasteiger partial charge on any atom is 0.346 e. The van der Waals surface area contributed by atoms with Crippen LogP contribution in [0.5, 0.6) is 0 Å². The van der Waals surface area contributed by atoms with Crippen LogP contribution >= 0.6 is 34.4 Å². The Hall–Kier alpha value is -0.780. The lowest BCUT2D eigenvalue weighted by Crippen LogP contribution is -1.95. The summed E-state index contributed by atoms with van der Waals surface area (Å²) in [6.45, 7) is 0. The van der Waals surface area contributed by atoms with Crippen molar-refractivity contribution in [3.8, 4) is 0 Å². The SMILES string of the molecule is O=C(O)c1sccc1CSc1cccs1. The van der Waals surface area contributed by atoms with Gasteiger partial charge in [-0.25, -0.2) is 4.79 Å². The maximum absolute atomic E-state index is 10.8. The number of thiophene rings is 2. The van der Waals surface area contributed by atoms with Gasteiger partial charge in [-0.2, -0.15) is 0 Å². The van der Waals surface area contributed by atoms with Crippen LogP contribution in [0, 0.1) is 0 Å². The van der Waals surface area contributed by atoms with Gasteiger partial charge < -0.3 is 5.11 Å². The Labute approximate surface area is 99.6 Å². The summed E-state index contributed by atoms with van der Waals surface area (Å²) in [5.74, 6) is -0.0992. The summed E-state index contributed by atoms with van der Waals surface area (Å²) in [7, 11) is 0. The molecule has 2 aromatic heterocycles. The fourth-order valence-electron chi connectivity index (χ4n) is 1.13. The van der Waals surface area contributed by atoms with Crippen molar-refractivity contribution in [3.05, 3.63) is 39.4 Å². The Morgan fingerprint density at radius 1 is 1.33 bits per heavy atom. The average molecular weight is 256 g/mol. The van der Waals surface area contributed by atoms with E-state index in [0.717, 1.165) is 11.3 Å². The highest BCUT2D eigenvalue weighted by Gasteiger charge is 2.11.